The molecule has 1 aliphatic heterocycles. The Morgan fingerprint density at radius 2 is 2.18 bits per heavy atom. The molecular formula is C15H24OS. The van der Waals surface area contributed by atoms with E-state index in [1.807, 2.05) is 0 Å². The summed E-state index contributed by atoms with van der Waals surface area (Å²) in [7, 11) is 0. The Kier molecular flexibility index (Phi) is 4.49. The van der Waals surface area contributed by atoms with Gasteiger partial charge in [0.2, 0.25) is 0 Å². The molecule has 0 fully saturated rings. The van der Waals surface area contributed by atoms with Gasteiger partial charge in [0, 0.05) is 16.4 Å². The molecule has 17 heavy (non-hydrogen) atoms. The first-order chi connectivity index (χ1) is 8.23. The molecule has 2 heteroatoms. The van der Waals surface area contributed by atoms with Gasteiger partial charge in [-0.2, -0.15) is 0 Å². The van der Waals surface area contributed by atoms with Crippen LogP contribution in [-0.2, 0) is 6.42 Å². The Bertz CT molecular complexity index is 320. The van der Waals surface area contributed by atoms with Crippen molar-refractivity contribution in [2.45, 2.75) is 58.8 Å². The molecule has 0 saturated heterocycles. The summed E-state index contributed by atoms with van der Waals surface area (Å²) in [4.78, 5) is 0. The normalized spacial score (nSPS) is 23.9. The fraction of sp³-hybridized carbons (Fsp3) is 0.733. The molecule has 0 spiro atoms. The smallest absolute Gasteiger partial charge is 0.133 e. The van der Waals surface area contributed by atoms with Gasteiger partial charge in [0.05, 0.1) is 6.61 Å². The molecular weight excluding hydrogens is 228 g/mol. The van der Waals surface area contributed by atoms with Gasteiger partial charge in [-0.1, -0.05) is 39.5 Å². The summed E-state index contributed by atoms with van der Waals surface area (Å²) in [5.41, 5.74) is 1.82. The van der Waals surface area contributed by atoms with Crippen LogP contribution in [0, 0.1) is 5.41 Å². The zero-order chi connectivity index (χ0) is 12.1. The van der Waals surface area contributed by atoms with Crippen molar-refractivity contribution in [2.75, 3.05) is 6.61 Å². The largest absolute Gasteiger partial charge is 0.492 e. The Labute approximate surface area is 109 Å². The van der Waals surface area contributed by atoms with Gasteiger partial charge in [-0.3, -0.25) is 0 Å². The summed E-state index contributed by atoms with van der Waals surface area (Å²) < 4.78 is 5.97. The fourth-order valence-electron chi connectivity index (χ4n) is 2.56. The predicted molar refractivity (Wildman–Crippen MR) is 75.0 cm³/mol. The van der Waals surface area contributed by atoms with E-state index in [1.165, 1.54) is 50.5 Å². The summed E-state index contributed by atoms with van der Waals surface area (Å²) in [5, 5.41) is 4.40. The van der Waals surface area contributed by atoms with E-state index in [2.05, 4.69) is 24.6 Å². The summed E-state index contributed by atoms with van der Waals surface area (Å²) in [5.74, 6) is 1.15. The lowest BCUT2D eigenvalue weighted by Crippen LogP contribution is -2.24. The maximum atomic E-state index is 5.97. The van der Waals surface area contributed by atoms with Crippen LogP contribution in [0.15, 0.2) is 10.8 Å². The number of hydrogen-bond donors (Lipinski definition) is 0. The second kappa shape index (κ2) is 5.90. The molecule has 1 nitrogen and oxygen atoms in total. The van der Waals surface area contributed by atoms with Crippen molar-refractivity contribution in [1.82, 2.24) is 0 Å². The predicted octanol–water partition coefficient (Wildman–Crippen LogP) is 5.05. The third-order valence-electron chi connectivity index (χ3n) is 3.91. The number of rotatable bonds is 5. The van der Waals surface area contributed by atoms with Crippen LogP contribution in [0.2, 0.25) is 0 Å². The molecule has 1 unspecified atom stereocenters. The molecule has 1 aromatic heterocycles. The molecule has 1 aromatic rings. The molecule has 0 aliphatic carbocycles. The van der Waals surface area contributed by atoms with Gasteiger partial charge in [-0.25, -0.2) is 0 Å². The van der Waals surface area contributed by atoms with E-state index in [9.17, 15) is 0 Å². The summed E-state index contributed by atoms with van der Waals surface area (Å²) in [6.45, 7) is 5.57. The van der Waals surface area contributed by atoms with E-state index in [0.29, 0.717) is 5.41 Å². The van der Waals surface area contributed by atoms with Crippen LogP contribution in [0.3, 0.4) is 0 Å². The van der Waals surface area contributed by atoms with Crippen LogP contribution >= 0.6 is 11.3 Å². The molecule has 0 saturated carbocycles. The Morgan fingerprint density at radius 1 is 1.29 bits per heavy atom. The number of ether oxygens (including phenoxy) is 1. The first-order valence-corrected chi connectivity index (χ1v) is 7.86. The lowest BCUT2D eigenvalue weighted by molar-refractivity contribution is 0.148. The Morgan fingerprint density at radius 3 is 3.00 bits per heavy atom. The first kappa shape index (κ1) is 12.9. The molecule has 2 heterocycles. The molecule has 0 N–H and O–H groups in total. The van der Waals surface area contributed by atoms with Gasteiger partial charge < -0.3 is 4.74 Å². The highest BCUT2D eigenvalue weighted by atomic mass is 32.1. The molecule has 0 aromatic carbocycles. The lowest BCUT2D eigenvalue weighted by atomic mass is 9.81. The van der Waals surface area contributed by atoms with Crippen LogP contribution in [0.5, 0.6) is 5.75 Å². The average molecular weight is 252 g/mol. The number of unbranched alkanes of at least 4 members (excludes halogenated alkanes) is 3. The van der Waals surface area contributed by atoms with Gasteiger partial charge in [-0.15, -0.1) is 11.3 Å². The van der Waals surface area contributed by atoms with Crippen molar-refractivity contribution in [3.63, 3.8) is 0 Å². The second-order valence-electron chi connectivity index (χ2n) is 5.67. The summed E-state index contributed by atoms with van der Waals surface area (Å²) in [6, 6.07) is 0. The molecule has 0 amide bonds. The zero-order valence-corrected chi connectivity index (χ0v) is 11.9. The minimum atomic E-state index is 0.393. The maximum Gasteiger partial charge on any atom is 0.133 e. The van der Waals surface area contributed by atoms with Crippen molar-refractivity contribution < 1.29 is 4.74 Å². The topological polar surface area (TPSA) is 9.23 Å². The van der Waals surface area contributed by atoms with E-state index in [4.69, 9.17) is 4.74 Å². The molecule has 96 valence electrons. The SMILES string of the molecule is CCCCCCC1(C)CCc2cscc2OC1. The highest BCUT2D eigenvalue weighted by molar-refractivity contribution is 7.08. The molecule has 0 radical (unpaired) electrons. The molecule has 1 atom stereocenters. The van der Waals surface area contributed by atoms with E-state index < -0.39 is 0 Å². The van der Waals surface area contributed by atoms with Crippen molar-refractivity contribution in [3.8, 4) is 5.75 Å². The lowest BCUT2D eigenvalue weighted by Gasteiger charge is -2.27. The van der Waals surface area contributed by atoms with Crippen molar-refractivity contribution in [2.24, 2.45) is 5.41 Å². The highest BCUT2D eigenvalue weighted by Crippen LogP contribution is 2.37. The average Bonchev–Trinajstić information content (AvgIpc) is 2.72. The van der Waals surface area contributed by atoms with Gasteiger partial charge in [0.15, 0.2) is 0 Å². The Hall–Kier alpha value is -0.500. The van der Waals surface area contributed by atoms with E-state index in [0.717, 1.165) is 12.4 Å². The van der Waals surface area contributed by atoms with E-state index in [1.54, 1.807) is 11.3 Å². The van der Waals surface area contributed by atoms with E-state index >= 15 is 0 Å². The Balaban J connectivity index is 1.84. The second-order valence-corrected chi connectivity index (χ2v) is 6.41. The van der Waals surface area contributed by atoms with E-state index in [-0.39, 0.29) is 0 Å². The summed E-state index contributed by atoms with van der Waals surface area (Å²) >= 11 is 1.76. The van der Waals surface area contributed by atoms with Crippen molar-refractivity contribution in [3.05, 3.63) is 16.3 Å². The van der Waals surface area contributed by atoms with Gasteiger partial charge in [0.1, 0.15) is 5.75 Å². The highest BCUT2D eigenvalue weighted by Gasteiger charge is 2.28. The maximum absolute atomic E-state index is 5.97. The molecule has 1 aliphatic rings. The van der Waals surface area contributed by atoms with Gasteiger partial charge >= 0.3 is 0 Å². The summed E-state index contributed by atoms with van der Waals surface area (Å²) in [6.07, 6.45) is 9.24. The van der Waals surface area contributed by atoms with Crippen LogP contribution in [0.25, 0.3) is 0 Å². The standard InChI is InChI=1S/C15H24OS/c1-3-4-5-6-8-15(2)9-7-13-10-17-11-14(13)16-12-15/h10-11H,3-9,12H2,1-2H3. The van der Waals surface area contributed by atoms with Crippen LogP contribution in [0.1, 0.15) is 57.9 Å². The molecule has 0 bridgehead atoms. The minimum absolute atomic E-state index is 0.393. The van der Waals surface area contributed by atoms with Gasteiger partial charge in [0.25, 0.3) is 0 Å². The fourth-order valence-corrected chi connectivity index (χ4v) is 3.37. The molecule has 2 rings (SSSR count). The number of fused-ring (bicyclic) bond motifs is 1. The van der Waals surface area contributed by atoms with Crippen LogP contribution in [-0.4, -0.2) is 6.61 Å². The quantitative estimate of drug-likeness (QED) is 0.666. The van der Waals surface area contributed by atoms with Crippen molar-refractivity contribution in [1.29, 1.82) is 0 Å². The zero-order valence-electron chi connectivity index (χ0n) is 11.1. The third-order valence-corrected chi connectivity index (χ3v) is 4.68. The third kappa shape index (κ3) is 3.48. The van der Waals surface area contributed by atoms with Crippen molar-refractivity contribution >= 4 is 11.3 Å². The monoisotopic (exact) mass is 252 g/mol. The number of aryl methyl sites for hydroxylation is 1. The minimum Gasteiger partial charge on any atom is -0.492 e. The van der Waals surface area contributed by atoms with Crippen LogP contribution in [0.4, 0.5) is 0 Å². The number of thiophene rings is 1. The first-order valence-electron chi connectivity index (χ1n) is 6.91. The van der Waals surface area contributed by atoms with Gasteiger partial charge in [-0.05, 0) is 24.6 Å². The number of hydrogen-bond acceptors (Lipinski definition) is 2. The van der Waals surface area contributed by atoms with Crippen LogP contribution < -0.4 is 4.74 Å².